The number of benzene rings is 2. The molecule has 4 aromatic rings. The molecule has 0 aliphatic rings. The van der Waals surface area contributed by atoms with Crippen molar-refractivity contribution >= 4 is 38.1 Å². The van der Waals surface area contributed by atoms with Crippen molar-refractivity contribution in [3.8, 4) is 22.6 Å². The maximum atomic E-state index is 12.3. The molecule has 170 valence electrons. The lowest BCUT2D eigenvalue weighted by atomic mass is 10.1. The van der Waals surface area contributed by atoms with Gasteiger partial charge >= 0.3 is 0 Å². The molecule has 0 unspecified atom stereocenters. The molecule has 0 aliphatic carbocycles. The Bertz CT molecular complexity index is 1360. The van der Waals surface area contributed by atoms with Crippen LogP contribution in [0.25, 0.3) is 22.6 Å². The maximum absolute atomic E-state index is 12.3. The third kappa shape index (κ3) is 6.27. The summed E-state index contributed by atoms with van der Waals surface area (Å²) in [5.41, 5.74) is 4.09. The van der Waals surface area contributed by atoms with Gasteiger partial charge in [0.05, 0.1) is 18.1 Å². The van der Waals surface area contributed by atoms with Crippen molar-refractivity contribution in [2.75, 3.05) is 16.3 Å². The first-order valence-corrected chi connectivity index (χ1v) is 12.9. The summed E-state index contributed by atoms with van der Waals surface area (Å²) in [5, 5.41) is 5.11. The summed E-state index contributed by atoms with van der Waals surface area (Å²) in [6.45, 7) is 2.02. The molecule has 0 saturated heterocycles. The number of aryl methyl sites for hydroxylation is 2. The first-order chi connectivity index (χ1) is 15.7. The molecule has 0 radical (unpaired) electrons. The van der Waals surface area contributed by atoms with Crippen LogP contribution >= 0.6 is 11.3 Å². The number of nitrogens with one attached hydrogen (secondary N) is 2. The van der Waals surface area contributed by atoms with Crippen LogP contribution in [0.4, 0.5) is 10.8 Å². The number of sulfonamides is 1. The number of hydrogen-bond acceptors (Lipinski definition) is 7. The molecular weight excluding hydrogens is 460 g/mol. The van der Waals surface area contributed by atoms with Crippen molar-refractivity contribution in [1.82, 2.24) is 9.97 Å². The van der Waals surface area contributed by atoms with E-state index in [4.69, 9.17) is 4.42 Å². The second-order valence-corrected chi connectivity index (χ2v) is 10.1. The number of aromatic nitrogens is 2. The first kappa shape index (κ1) is 22.7. The lowest BCUT2D eigenvalue weighted by Crippen LogP contribution is -2.12. The number of hydrogen-bond donors (Lipinski definition) is 2. The van der Waals surface area contributed by atoms with Gasteiger partial charge in [0.15, 0.2) is 16.8 Å². The van der Waals surface area contributed by atoms with Crippen molar-refractivity contribution in [2.45, 2.75) is 19.8 Å². The summed E-state index contributed by atoms with van der Waals surface area (Å²) in [4.78, 5) is 21.0. The summed E-state index contributed by atoms with van der Waals surface area (Å²) in [5.74, 6) is 0.995. The summed E-state index contributed by atoms with van der Waals surface area (Å²) >= 11 is 1.32. The van der Waals surface area contributed by atoms with Gasteiger partial charge in [0, 0.05) is 35.0 Å². The van der Waals surface area contributed by atoms with Crippen LogP contribution in [-0.4, -0.2) is 30.5 Å². The molecule has 0 spiro atoms. The summed E-state index contributed by atoms with van der Waals surface area (Å²) in [6.07, 6.45) is 3.36. The molecule has 0 aliphatic heterocycles. The van der Waals surface area contributed by atoms with Gasteiger partial charge in [0.25, 0.3) is 0 Å². The van der Waals surface area contributed by atoms with Crippen molar-refractivity contribution < 1.29 is 17.6 Å². The molecule has 0 fully saturated rings. The van der Waals surface area contributed by atoms with E-state index in [1.165, 1.54) is 16.9 Å². The van der Waals surface area contributed by atoms with Crippen LogP contribution in [0.3, 0.4) is 0 Å². The summed E-state index contributed by atoms with van der Waals surface area (Å²) < 4.78 is 30.8. The molecule has 2 aromatic carbocycles. The molecule has 0 bridgehead atoms. The normalized spacial score (nSPS) is 11.3. The molecule has 4 rings (SSSR count). The average molecular weight is 483 g/mol. The Labute approximate surface area is 195 Å². The number of carbonyl (C=O) groups excluding carboxylic acids is 1. The molecule has 10 heteroatoms. The van der Waals surface area contributed by atoms with Gasteiger partial charge in [0.1, 0.15) is 0 Å². The Morgan fingerprint density at radius 1 is 1.06 bits per heavy atom. The van der Waals surface area contributed by atoms with E-state index in [0.717, 1.165) is 17.4 Å². The monoisotopic (exact) mass is 482 g/mol. The van der Waals surface area contributed by atoms with E-state index >= 15 is 0 Å². The van der Waals surface area contributed by atoms with Crippen LogP contribution in [0.5, 0.6) is 0 Å². The zero-order valence-electron chi connectivity index (χ0n) is 18.0. The van der Waals surface area contributed by atoms with Crippen molar-refractivity contribution in [3.63, 3.8) is 0 Å². The van der Waals surface area contributed by atoms with E-state index in [-0.39, 0.29) is 12.3 Å². The highest BCUT2D eigenvalue weighted by molar-refractivity contribution is 7.92. The number of rotatable bonds is 8. The molecule has 2 aromatic heterocycles. The van der Waals surface area contributed by atoms with Gasteiger partial charge in [-0.1, -0.05) is 42.0 Å². The molecular formula is C23H22N4O4S2. The molecule has 2 N–H and O–H groups in total. The minimum atomic E-state index is -3.33. The van der Waals surface area contributed by atoms with Crippen LogP contribution in [0.2, 0.25) is 0 Å². The summed E-state index contributed by atoms with van der Waals surface area (Å²) in [7, 11) is -3.33. The molecule has 8 nitrogen and oxygen atoms in total. The van der Waals surface area contributed by atoms with Gasteiger partial charge in [-0.15, -0.1) is 11.3 Å². The first-order valence-electron chi connectivity index (χ1n) is 10.1. The second-order valence-electron chi connectivity index (χ2n) is 7.52. The smallest absolute Gasteiger partial charge is 0.229 e. The fraction of sp³-hybridized carbons (Fsp3) is 0.174. The maximum Gasteiger partial charge on any atom is 0.229 e. The third-order valence-electron chi connectivity index (χ3n) is 4.69. The molecule has 0 saturated carbocycles. The number of oxazole rings is 1. The van der Waals surface area contributed by atoms with E-state index in [1.54, 1.807) is 30.5 Å². The highest BCUT2D eigenvalue weighted by Crippen LogP contribution is 2.26. The highest BCUT2D eigenvalue weighted by atomic mass is 32.2. The SMILES string of the molecule is Cc1ccc(-c2cnc(CCC(=O)Nc3nc(-c4ccc(NS(C)(=O)=O)cc4)cs3)o2)cc1. The second kappa shape index (κ2) is 9.55. The molecule has 2 heterocycles. The molecule has 0 atom stereocenters. The standard InChI is InChI=1S/C23H22N4O4S2/c1-15-3-5-17(6-4-15)20-13-24-22(31-20)12-11-21(28)26-23-25-19(14-32-23)16-7-9-18(10-8-16)27-33(2,29)30/h3-10,13-14,27H,11-12H2,1-2H3,(H,25,26,28). The zero-order valence-corrected chi connectivity index (χ0v) is 19.7. The van der Waals surface area contributed by atoms with E-state index < -0.39 is 10.0 Å². The van der Waals surface area contributed by atoms with Crippen LogP contribution in [0, 0.1) is 6.92 Å². The predicted octanol–water partition coefficient (Wildman–Crippen LogP) is 4.72. The fourth-order valence-electron chi connectivity index (χ4n) is 3.07. The number of nitrogens with zero attached hydrogens (tertiary/aromatic N) is 2. The van der Waals surface area contributed by atoms with Crippen LogP contribution in [-0.2, 0) is 21.2 Å². The Balaban J connectivity index is 1.31. The van der Waals surface area contributed by atoms with Crippen LogP contribution in [0.15, 0.2) is 64.5 Å². The van der Waals surface area contributed by atoms with Gasteiger partial charge in [-0.25, -0.2) is 18.4 Å². The van der Waals surface area contributed by atoms with Crippen LogP contribution in [0.1, 0.15) is 17.9 Å². The topological polar surface area (TPSA) is 114 Å². The number of thiazole rings is 1. The van der Waals surface area contributed by atoms with E-state index in [2.05, 4.69) is 20.0 Å². The van der Waals surface area contributed by atoms with Crippen LogP contribution < -0.4 is 10.0 Å². The van der Waals surface area contributed by atoms with E-state index in [9.17, 15) is 13.2 Å². The van der Waals surface area contributed by atoms with Gasteiger partial charge in [-0.2, -0.15) is 0 Å². The third-order valence-corrected chi connectivity index (χ3v) is 6.05. The number of anilines is 2. The van der Waals surface area contributed by atoms with Crippen molar-refractivity contribution in [1.29, 1.82) is 0 Å². The van der Waals surface area contributed by atoms with Crippen molar-refractivity contribution in [2.24, 2.45) is 0 Å². The Hall–Kier alpha value is -3.50. The van der Waals surface area contributed by atoms with Gasteiger partial charge in [0.2, 0.25) is 15.9 Å². The Morgan fingerprint density at radius 3 is 2.45 bits per heavy atom. The molecule has 1 amide bonds. The number of amides is 1. The summed E-state index contributed by atoms with van der Waals surface area (Å²) in [6, 6.07) is 14.8. The number of carbonyl (C=O) groups is 1. The van der Waals surface area contributed by atoms with Crippen molar-refractivity contribution in [3.05, 3.63) is 71.6 Å². The Morgan fingerprint density at radius 2 is 1.76 bits per heavy atom. The highest BCUT2D eigenvalue weighted by Gasteiger charge is 2.12. The van der Waals surface area contributed by atoms with E-state index in [1.807, 2.05) is 36.6 Å². The molecule has 33 heavy (non-hydrogen) atoms. The van der Waals surface area contributed by atoms with Gasteiger partial charge in [-0.05, 0) is 19.1 Å². The Kier molecular flexibility index (Phi) is 6.57. The van der Waals surface area contributed by atoms with Gasteiger partial charge in [-0.3, -0.25) is 9.52 Å². The quantitative estimate of drug-likeness (QED) is 0.376. The average Bonchev–Trinajstić information content (AvgIpc) is 3.42. The minimum absolute atomic E-state index is 0.182. The van der Waals surface area contributed by atoms with Gasteiger partial charge < -0.3 is 9.73 Å². The largest absolute Gasteiger partial charge is 0.441 e. The lowest BCUT2D eigenvalue weighted by Gasteiger charge is -2.04. The van der Waals surface area contributed by atoms with E-state index in [0.29, 0.717) is 34.6 Å². The zero-order chi connectivity index (χ0) is 23.4. The fourth-order valence-corrected chi connectivity index (χ4v) is 4.37. The lowest BCUT2D eigenvalue weighted by molar-refractivity contribution is -0.116. The predicted molar refractivity (Wildman–Crippen MR) is 130 cm³/mol. The minimum Gasteiger partial charge on any atom is -0.441 e.